The van der Waals surface area contributed by atoms with Crippen molar-refractivity contribution in [2.45, 2.75) is 49.3 Å². The van der Waals surface area contributed by atoms with E-state index in [1.54, 1.807) is 0 Å². The van der Waals surface area contributed by atoms with E-state index in [0.717, 1.165) is 43.1 Å². The molecule has 2 aromatic rings. The second-order valence-corrected chi connectivity index (χ2v) is 9.64. The van der Waals surface area contributed by atoms with Gasteiger partial charge in [0.2, 0.25) is 0 Å². The van der Waals surface area contributed by atoms with Crippen LogP contribution in [0.4, 0.5) is 0 Å². The fourth-order valence-corrected chi connectivity index (χ4v) is 7.09. The summed E-state index contributed by atoms with van der Waals surface area (Å²) in [5, 5.41) is 9.91. The topological polar surface area (TPSA) is 58.7 Å². The maximum Gasteiger partial charge on any atom is 0.163 e. The van der Waals surface area contributed by atoms with E-state index in [2.05, 4.69) is 11.1 Å². The molecular weight excluding hydrogens is 346 g/mol. The van der Waals surface area contributed by atoms with Crippen LogP contribution in [0.25, 0.3) is 11.0 Å². The van der Waals surface area contributed by atoms with Gasteiger partial charge < -0.3 is 4.57 Å². The maximum absolute atomic E-state index is 13.7. The predicted molar refractivity (Wildman–Crippen MR) is 99.8 cm³/mol. The van der Waals surface area contributed by atoms with Crippen LogP contribution in [-0.4, -0.2) is 20.2 Å². The SMILES string of the molecule is Cn1c(C(C#N)C(=O)C23CC4CC(CC(Cl)(C4)C2)C3)nc2ccccc21. The number of nitriles is 1. The highest BCUT2D eigenvalue weighted by Crippen LogP contribution is 2.64. The largest absolute Gasteiger partial charge is 0.330 e. The third-order valence-electron chi connectivity index (χ3n) is 6.98. The number of aryl methyl sites for hydroxylation is 1. The molecule has 26 heavy (non-hydrogen) atoms. The third-order valence-corrected chi connectivity index (χ3v) is 7.43. The second kappa shape index (κ2) is 5.33. The normalized spacial score (nSPS) is 36.2. The highest BCUT2D eigenvalue weighted by molar-refractivity contribution is 6.24. The van der Waals surface area contributed by atoms with Crippen LogP contribution in [0.2, 0.25) is 0 Å². The summed E-state index contributed by atoms with van der Waals surface area (Å²) in [6.07, 6.45) is 5.80. The maximum atomic E-state index is 13.7. The lowest BCUT2D eigenvalue weighted by molar-refractivity contribution is -0.142. The van der Waals surface area contributed by atoms with Crippen LogP contribution in [0.15, 0.2) is 24.3 Å². The number of Topliss-reactive ketones (excluding diaryl/α,β-unsaturated/α-hetero) is 1. The summed E-state index contributed by atoms with van der Waals surface area (Å²) in [4.78, 5) is 18.1. The Kier molecular flexibility index (Phi) is 3.35. The zero-order chi connectivity index (χ0) is 18.1. The van der Waals surface area contributed by atoms with Gasteiger partial charge in [0.15, 0.2) is 11.7 Å². The summed E-state index contributed by atoms with van der Waals surface area (Å²) in [6.45, 7) is 0. The summed E-state index contributed by atoms with van der Waals surface area (Å²) in [7, 11) is 1.89. The number of imidazole rings is 1. The Labute approximate surface area is 158 Å². The Balaban J connectivity index is 1.56. The molecule has 4 bridgehead atoms. The first kappa shape index (κ1) is 16.3. The van der Waals surface area contributed by atoms with Gasteiger partial charge >= 0.3 is 0 Å². The number of hydrogen-bond acceptors (Lipinski definition) is 3. The zero-order valence-corrected chi connectivity index (χ0v) is 15.7. The Morgan fingerprint density at radius 1 is 1.31 bits per heavy atom. The number of benzene rings is 1. The van der Waals surface area contributed by atoms with Crippen molar-refractivity contribution in [3.8, 4) is 6.07 Å². The number of nitrogens with zero attached hydrogens (tertiary/aromatic N) is 3. The molecule has 3 atom stereocenters. The van der Waals surface area contributed by atoms with Crippen molar-refractivity contribution in [3.63, 3.8) is 0 Å². The van der Waals surface area contributed by atoms with Crippen LogP contribution in [0.3, 0.4) is 0 Å². The Morgan fingerprint density at radius 2 is 2.00 bits per heavy atom. The van der Waals surface area contributed by atoms with Gasteiger partial charge in [0.05, 0.1) is 17.1 Å². The first-order valence-corrected chi connectivity index (χ1v) is 9.85. The highest BCUT2D eigenvalue weighted by atomic mass is 35.5. The molecule has 1 aromatic heterocycles. The average Bonchev–Trinajstić information content (AvgIpc) is 2.91. The first-order chi connectivity index (χ1) is 12.4. The molecule has 1 aromatic carbocycles. The van der Waals surface area contributed by atoms with E-state index < -0.39 is 11.3 Å². The fourth-order valence-electron chi connectivity index (χ4n) is 6.40. The van der Waals surface area contributed by atoms with Crippen molar-refractivity contribution in [3.05, 3.63) is 30.1 Å². The fraction of sp³-hybridized carbons (Fsp3) is 0.571. The molecule has 0 saturated heterocycles. The van der Waals surface area contributed by atoms with Gasteiger partial charge in [-0.3, -0.25) is 4.79 Å². The summed E-state index contributed by atoms with van der Waals surface area (Å²) < 4.78 is 1.90. The van der Waals surface area contributed by atoms with Crippen molar-refractivity contribution >= 4 is 28.4 Å². The van der Waals surface area contributed by atoms with E-state index >= 15 is 0 Å². The Morgan fingerprint density at radius 3 is 2.62 bits per heavy atom. The molecule has 5 heteroatoms. The second-order valence-electron chi connectivity index (χ2n) is 8.84. The molecular formula is C21H22ClN3O. The lowest BCUT2D eigenvalue weighted by atomic mass is 9.47. The Bertz CT molecular complexity index is 942. The number of carbonyl (C=O) groups excluding carboxylic acids is 1. The minimum atomic E-state index is -0.816. The quantitative estimate of drug-likeness (QED) is 0.759. The molecule has 3 unspecified atom stereocenters. The van der Waals surface area contributed by atoms with Crippen LogP contribution in [0, 0.1) is 28.6 Å². The van der Waals surface area contributed by atoms with E-state index in [4.69, 9.17) is 11.6 Å². The van der Waals surface area contributed by atoms with Crippen LogP contribution < -0.4 is 0 Å². The molecule has 6 rings (SSSR count). The summed E-state index contributed by atoms with van der Waals surface area (Å²) in [5.74, 6) is 0.884. The van der Waals surface area contributed by atoms with E-state index in [9.17, 15) is 10.1 Å². The van der Waals surface area contributed by atoms with Gasteiger partial charge in [0, 0.05) is 17.3 Å². The molecule has 4 aliphatic carbocycles. The van der Waals surface area contributed by atoms with E-state index in [1.807, 2.05) is 35.9 Å². The van der Waals surface area contributed by atoms with Gasteiger partial charge in [-0.25, -0.2) is 4.98 Å². The lowest BCUT2D eigenvalue weighted by Gasteiger charge is -2.59. The van der Waals surface area contributed by atoms with E-state index in [1.165, 1.54) is 6.42 Å². The number of carbonyl (C=O) groups is 1. The highest BCUT2D eigenvalue weighted by Gasteiger charge is 2.61. The number of alkyl halides is 1. The van der Waals surface area contributed by atoms with Gasteiger partial charge in [-0.05, 0) is 62.5 Å². The number of halogens is 1. The van der Waals surface area contributed by atoms with Gasteiger partial charge in [-0.15, -0.1) is 11.6 Å². The number of fused-ring (bicyclic) bond motifs is 1. The zero-order valence-electron chi connectivity index (χ0n) is 14.9. The molecule has 0 aliphatic heterocycles. The van der Waals surface area contributed by atoms with Crippen LogP contribution in [0.5, 0.6) is 0 Å². The molecule has 4 saturated carbocycles. The molecule has 4 fully saturated rings. The molecule has 1 heterocycles. The monoisotopic (exact) mass is 367 g/mol. The number of aromatic nitrogens is 2. The molecule has 134 valence electrons. The molecule has 4 nitrogen and oxygen atoms in total. The third kappa shape index (κ3) is 2.19. The molecule has 0 N–H and O–H groups in total. The van der Waals surface area contributed by atoms with E-state index in [0.29, 0.717) is 17.7 Å². The van der Waals surface area contributed by atoms with Crippen molar-refractivity contribution in [1.29, 1.82) is 5.26 Å². The smallest absolute Gasteiger partial charge is 0.163 e. The summed E-state index contributed by atoms with van der Waals surface area (Å²) in [5.41, 5.74) is 1.36. The number of ketones is 1. The van der Waals surface area contributed by atoms with Crippen molar-refractivity contribution < 1.29 is 4.79 Å². The van der Waals surface area contributed by atoms with Crippen molar-refractivity contribution in [2.75, 3.05) is 0 Å². The van der Waals surface area contributed by atoms with Crippen LogP contribution >= 0.6 is 11.6 Å². The van der Waals surface area contributed by atoms with Crippen LogP contribution in [-0.2, 0) is 11.8 Å². The van der Waals surface area contributed by atoms with Gasteiger partial charge in [-0.2, -0.15) is 5.26 Å². The minimum absolute atomic E-state index is 0.0533. The van der Waals surface area contributed by atoms with Crippen molar-refractivity contribution in [1.82, 2.24) is 9.55 Å². The van der Waals surface area contributed by atoms with Crippen LogP contribution in [0.1, 0.15) is 50.3 Å². The van der Waals surface area contributed by atoms with Gasteiger partial charge in [0.25, 0.3) is 0 Å². The molecule has 0 radical (unpaired) electrons. The lowest BCUT2D eigenvalue weighted by Crippen LogP contribution is -2.56. The number of rotatable bonds is 3. The van der Waals surface area contributed by atoms with E-state index in [-0.39, 0.29) is 10.7 Å². The Hall–Kier alpha value is -1.86. The minimum Gasteiger partial charge on any atom is -0.330 e. The number of hydrogen-bond donors (Lipinski definition) is 0. The molecule has 4 aliphatic rings. The summed E-state index contributed by atoms with van der Waals surface area (Å²) >= 11 is 6.90. The molecule has 0 amide bonds. The average molecular weight is 368 g/mol. The van der Waals surface area contributed by atoms with Gasteiger partial charge in [-0.1, -0.05) is 12.1 Å². The first-order valence-electron chi connectivity index (χ1n) is 9.47. The number of para-hydroxylation sites is 2. The predicted octanol–water partition coefficient (Wildman–Crippen LogP) is 4.33. The van der Waals surface area contributed by atoms with Gasteiger partial charge in [0.1, 0.15) is 5.82 Å². The molecule has 0 spiro atoms. The standard InChI is InChI=1S/C21H22ClN3O/c1-25-17-5-3-2-4-16(17)24-19(25)15(11-23)18(26)20-7-13-6-14(8-20)10-21(22,9-13)12-20/h2-5,13-15H,6-10,12H2,1H3. The summed E-state index contributed by atoms with van der Waals surface area (Å²) in [6, 6.07) is 10.1. The van der Waals surface area contributed by atoms with Crippen molar-refractivity contribution in [2.24, 2.45) is 24.3 Å².